The van der Waals surface area contributed by atoms with Crippen molar-refractivity contribution in [1.82, 2.24) is 5.32 Å². The van der Waals surface area contributed by atoms with Gasteiger partial charge in [-0.2, -0.15) is 0 Å². The van der Waals surface area contributed by atoms with Crippen molar-refractivity contribution in [3.8, 4) is 5.75 Å². The number of phenolic OH excluding ortho intramolecular Hbond substituents is 1. The minimum atomic E-state index is -0.103. The maximum Gasteiger partial charge on any atom is 0.238 e. The van der Waals surface area contributed by atoms with E-state index in [9.17, 15) is 9.90 Å². The van der Waals surface area contributed by atoms with E-state index < -0.39 is 0 Å². The number of hydrogen-bond donors (Lipinski definition) is 3. The third-order valence-electron chi connectivity index (χ3n) is 2.72. The highest BCUT2D eigenvalue weighted by atomic mass is 16.3. The van der Waals surface area contributed by atoms with E-state index in [1.165, 1.54) is 0 Å². The van der Waals surface area contributed by atoms with E-state index in [2.05, 4.69) is 17.6 Å². The number of phenols is 1. The van der Waals surface area contributed by atoms with Crippen molar-refractivity contribution >= 4 is 11.6 Å². The smallest absolute Gasteiger partial charge is 0.238 e. The summed E-state index contributed by atoms with van der Waals surface area (Å²) in [4.78, 5) is 11.6. The zero-order valence-corrected chi connectivity index (χ0v) is 10.6. The molecule has 0 aromatic heterocycles. The summed E-state index contributed by atoms with van der Waals surface area (Å²) in [5.74, 6) is 0.0891. The van der Waals surface area contributed by atoms with Crippen LogP contribution in [0.1, 0.15) is 25.8 Å². The molecule has 0 aliphatic rings. The zero-order valence-electron chi connectivity index (χ0n) is 10.6. The summed E-state index contributed by atoms with van der Waals surface area (Å²) in [5, 5.41) is 15.3. The van der Waals surface area contributed by atoms with Gasteiger partial charge in [-0.3, -0.25) is 4.79 Å². The van der Waals surface area contributed by atoms with E-state index >= 15 is 0 Å². The van der Waals surface area contributed by atoms with Crippen molar-refractivity contribution < 1.29 is 9.90 Å². The molecule has 3 N–H and O–H groups in total. The minimum Gasteiger partial charge on any atom is -0.508 e. The molecule has 1 aromatic rings. The first-order chi connectivity index (χ1) is 8.02. The molecule has 1 rings (SSSR count). The van der Waals surface area contributed by atoms with E-state index in [0.29, 0.717) is 11.7 Å². The normalized spacial score (nSPS) is 12.2. The lowest BCUT2D eigenvalue weighted by Gasteiger charge is -2.11. The number of nitrogens with one attached hydrogen (secondary N) is 2. The van der Waals surface area contributed by atoms with Crippen LogP contribution in [0.15, 0.2) is 18.2 Å². The predicted molar refractivity (Wildman–Crippen MR) is 69.2 cm³/mol. The summed E-state index contributed by atoms with van der Waals surface area (Å²) in [6.45, 7) is 6.19. The minimum absolute atomic E-state index is 0.103. The summed E-state index contributed by atoms with van der Waals surface area (Å²) in [6.07, 6.45) is 0.985. The van der Waals surface area contributed by atoms with Crippen molar-refractivity contribution in [2.75, 3.05) is 11.9 Å². The highest BCUT2D eigenvalue weighted by Gasteiger charge is 2.05. The lowest BCUT2D eigenvalue weighted by molar-refractivity contribution is -0.115. The molecule has 0 saturated carbocycles. The second-order valence-electron chi connectivity index (χ2n) is 4.24. The van der Waals surface area contributed by atoms with Gasteiger partial charge in [0.1, 0.15) is 5.75 Å². The van der Waals surface area contributed by atoms with Crippen LogP contribution < -0.4 is 10.6 Å². The van der Waals surface area contributed by atoms with E-state index in [1.54, 1.807) is 18.2 Å². The first-order valence-electron chi connectivity index (χ1n) is 5.85. The first kappa shape index (κ1) is 13.5. The maximum absolute atomic E-state index is 11.6. The summed E-state index contributed by atoms with van der Waals surface area (Å²) in [7, 11) is 0. The molecule has 1 atom stereocenters. The Hall–Kier alpha value is -1.55. The van der Waals surface area contributed by atoms with Crippen molar-refractivity contribution in [1.29, 1.82) is 0 Å². The Morgan fingerprint density at radius 3 is 2.76 bits per heavy atom. The van der Waals surface area contributed by atoms with Gasteiger partial charge < -0.3 is 15.7 Å². The number of carbonyl (C=O) groups excluding carboxylic acids is 1. The predicted octanol–water partition coefficient (Wildman–Crippen LogP) is 2.03. The van der Waals surface area contributed by atoms with Crippen LogP contribution in [0.25, 0.3) is 0 Å². The molecule has 1 unspecified atom stereocenters. The molecule has 0 bridgehead atoms. The number of anilines is 1. The van der Waals surface area contributed by atoms with Gasteiger partial charge in [-0.1, -0.05) is 13.0 Å². The van der Waals surface area contributed by atoms with Gasteiger partial charge in [0.2, 0.25) is 5.91 Å². The monoisotopic (exact) mass is 236 g/mol. The molecular weight excluding hydrogens is 216 g/mol. The SMILES string of the molecule is CCC(C)NCC(=O)Nc1ccc(C)c(O)c1. The summed E-state index contributed by atoms with van der Waals surface area (Å²) in [6, 6.07) is 5.42. The molecule has 4 heteroatoms. The maximum atomic E-state index is 11.6. The lowest BCUT2D eigenvalue weighted by atomic mass is 10.2. The van der Waals surface area contributed by atoms with Crippen molar-refractivity contribution in [3.63, 3.8) is 0 Å². The van der Waals surface area contributed by atoms with Gasteiger partial charge in [-0.15, -0.1) is 0 Å². The van der Waals surface area contributed by atoms with E-state index in [0.717, 1.165) is 12.0 Å². The largest absolute Gasteiger partial charge is 0.508 e. The Kier molecular flexibility index (Phi) is 4.97. The fourth-order valence-corrected chi connectivity index (χ4v) is 1.30. The molecule has 94 valence electrons. The molecule has 4 nitrogen and oxygen atoms in total. The molecule has 0 spiro atoms. The van der Waals surface area contributed by atoms with Gasteiger partial charge in [0, 0.05) is 17.8 Å². The van der Waals surface area contributed by atoms with Crippen molar-refractivity contribution in [2.24, 2.45) is 0 Å². The molecule has 17 heavy (non-hydrogen) atoms. The third kappa shape index (κ3) is 4.44. The van der Waals surface area contributed by atoms with Crippen LogP contribution in [0.3, 0.4) is 0 Å². The van der Waals surface area contributed by atoms with Gasteiger partial charge in [0.15, 0.2) is 0 Å². The average molecular weight is 236 g/mol. The van der Waals surface area contributed by atoms with Gasteiger partial charge in [0.25, 0.3) is 0 Å². The van der Waals surface area contributed by atoms with Crippen LogP contribution in [0.2, 0.25) is 0 Å². The van der Waals surface area contributed by atoms with Gasteiger partial charge in [-0.05, 0) is 31.9 Å². The number of hydrogen-bond acceptors (Lipinski definition) is 3. The molecule has 0 aliphatic heterocycles. The number of benzene rings is 1. The number of carbonyl (C=O) groups is 1. The van der Waals surface area contributed by atoms with Crippen LogP contribution in [-0.2, 0) is 4.79 Å². The second kappa shape index (κ2) is 6.25. The van der Waals surface area contributed by atoms with Gasteiger partial charge >= 0.3 is 0 Å². The first-order valence-corrected chi connectivity index (χ1v) is 5.85. The lowest BCUT2D eigenvalue weighted by Crippen LogP contribution is -2.33. The van der Waals surface area contributed by atoms with E-state index in [1.807, 2.05) is 13.8 Å². The van der Waals surface area contributed by atoms with Crippen molar-refractivity contribution in [3.05, 3.63) is 23.8 Å². The van der Waals surface area contributed by atoms with Crippen LogP contribution in [-0.4, -0.2) is 23.6 Å². The van der Waals surface area contributed by atoms with Crippen LogP contribution in [0, 0.1) is 6.92 Å². The highest BCUT2D eigenvalue weighted by molar-refractivity contribution is 5.92. The second-order valence-corrected chi connectivity index (χ2v) is 4.24. The molecule has 0 aliphatic carbocycles. The Morgan fingerprint density at radius 1 is 1.47 bits per heavy atom. The van der Waals surface area contributed by atoms with Crippen LogP contribution in [0.4, 0.5) is 5.69 Å². The summed E-state index contributed by atoms with van der Waals surface area (Å²) >= 11 is 0. The van der Waals surface area contributed by atoms with Gasteiger partial charge in [-0.25, -0.2) is 0 Å². The molecule has 0 heterocycles. The van der Waals surface area contributed by atoms with Crippen molar-refractivity contribution in [2.45, 2.75) is 33.2 Å². The quantitative estimate of drug-likeness (QED) is 0.733. The number of rotatable bonds is 5. The zero-order chi connectivity index (χ0) is 12.8. The molecule has 0 radical (unpaired) electrons. The molecule has 0 fully saturated rings. The Bertz CT molecular complexity index is 391. The van der Waals surface area contributed by atoms with Gasteiger partial charge in [0.05, 0.1) is 6.54 Å². The standard InChI is InChI=1S/C13H20N2O2/c1-4-10(3)14-8-13(17)15-11-6-5-9(2)12(16)7-11/h5-7,10,14,16H,4,8H2,1-3H3,(H,15,17). The van der Waals surface area contributed by atoms with Crippen LogP contribution in [0.5, 0.6) is 5.75 Å². The average Bonchev–Trinajstić information content (AvgIpc) is 2.31. The van der Waals surface area contributed by atoms with E-state index in [4.69, 9.17) is 0 Å². The summed E-state index contributed by atoms with van der Waals surface area (Å²) in [5.41, 5.74) is 1.41. The number of aryl methyl sites for hydroxylation is 1. The number of amides is 1. The molecular formula is C13H20N2O2. The Balaban J connectivity index is 2.48. The topological polar surface area (TPSA) is 61.4 Å². The Morgan fingerprint density at radius 2 is 2.18 bits per heavy atom. The fraction of sp³-hybridized carbons (Fsp3) is 0.462. The third-order valence-corrected chi connectivity index (χ3v) is 2.72. The summed E-state index contributed by atoms with van der Waals surface area (Å²) < 4.78 is 0. The Labute approximate surface area is 102 Å². The molecule has 1 aromatic carbocycles. The molecule has 0 saturated heterocycles. The van der Waals surface area contributed by atoms with Crippen LogP contribution >= 0.6 is 0 Å². The van der Waals surface area contributed by atoms with E-state index in [-0.39, 0.29) is 18.2 Å². The fourth-order valence-electron chi connectivity index (χ4n) is 1.30. The number of aromatic hydroxyl groups is 1. The molecule has 1 amide bonds. The highest BCUT2D eigenvalue weighted by Crippen LogP contribution is 2.20.